The van der Waals surface area contributed by atoms with Crippen LogP contribution in [0.25, 0.3) is 0 Å². The highest BCUT2D eigenvalue weighted by Gasteiger charge is 2.19. The molecular formula is C15H24N2O2. The predicted molar refractivity (Wildman–Crippen MR) is 77.5 cm³/mol. The molecule has 0 radical (unpaired) electrons. The monoisotopic (exact) mass is 264 g/mol. The zero-order valence-electron chi connectivity index (χ0n) is 11.8. The van der Waals surface area contributed by atoms with Gasteiger partial charge in [0.1, 0.15) is 0 Å². The highest BCUT2D eigenvalue weighted by atomic mass is 16.3. The van der Waals surface area contributed by atoms with E-state index in [1.165, 1.54) is 16.8 Å². The quantitative estimate of drug-likeness (QED) is 0.745. The van der Waals surface area contributed by atoms with Crippen molar-refractivity contribution < 1.29 is 10.2 Å². The number of aliphatic hydroxyl groups excluding tert-OH is 2. The minimum atomic E-state index is -0.665. The average molecular weight is 264 g/mol. The molecule has 0 saturated heterocycles. The molecule has 106 valence electrons. The SMILES string of the molecule is CNC(C)c1ccc2c(c1)CCCN2CC(O)CO. The maximum absolute atomic E-state index is 9.61. The van der Waals surface area contributed by atoms with Crippen LogP contribution >= 0.6 is 0 Å². The van der Waals surface area contributed by atoms with Crippen LogP contribution in [0.2, 0.25) is 0 Å². The number of nitrogens with one attached hydrogen (secondary N) is 1. The van der Waals surface area contributed by atoms with Crippen molar-refractivity contribution in [3.63, 3.8) is 0 Å². The van der Waals surface area contributed by atoms with Gasteiger partial charge in [0.25, 0.3) is 0 Å². The molecule has 1 aromatic carbocycles. The molecule has 4 nitrogen and oxygen atoms in total. The molecule has 2 rings (SSSR count). The summed E-state index contributed by atoms with van der Waals surface area (Å²) in [6, 6.07) is 6.89. The predicted octanol–water partition coefficient (Wildman–Crippen LogP) is 1.07. The van der Waals surface area contributed by atoms with Crippen LogP contribution in [-0.2, 0) is 6.42 Å². The molecule has 1 aliphatic heterocycles. The van der Waals surface area contributed by atoms with Crippen molar-refractivity contribution in [3.05, 3.63) is 29.3 Å². The number of hydrogen-bond acceptors (Lipinski definition) is 4. The number of aryl methyl sites for hydroxylation is 1. The number of hydrogen-bond donors (Lipinski definition) is 3. The fourth-order valence-corrected chi connectivity index (χ4v) is 2.63. The van der Waals surface area contributed by atoms with Crippen molar-refractivity contribution in [3.8, 4) is 0 Å². The van der Waals surface area contributed by atoms with Crippen molar-refractivity contribution in [2.45, 2.75) is 31.9 Å². The van der Waals surface area contributed by atoms with Gasteiger partial charge in [0.05, 0.1) is 12.7 Å². The van der Waals surface area contributed by atoms with Crippen LogP contribution in [0.5, 0.6) is 0 Å². The second kappa shape index (κ2) is 6.37. The van der Waals surface area contributed by atoms with Crippen molar-refractivity contribution in [1.29, 1.82) is 0 Å². The van der Waals surface area contributed by atoms with E-state index in [4.69, 9.17) is 5.11 Å². The summed E-state index contributed by atoms with van der Waals surface area (Å²) in [7, 11) is 1.97. The summed E-state index contributed by atoms with van der Waals surface area (Å²) in [5.41, 5.74) is 3.84. The van der Waals surface area contributed by atoms with Gasteiger partial charge in [0, 0.05) is 24.8 Å². The van der Waals surface area contributed by atoms with Crippen LogP contribution in [0.15, 0.2) is 18.2 Å². The summed E-state index contributed by atoms with van der Waals surface area (Å²) in [5, 5.41) is 21.8. The lowest BCUT2D eigenvalue weighted by atomic mass is 9.96. The minimum absolute atomic E-state index is 0.180. The van der Waals surface area contributed by atoms with Crippen LogP contribution in [0, 0.1) is 0 Å². The molecule has 0 aromatic heterocycles. The normalized spacial score (nSPS) is 18.0. The van der Waals surface area contributed by atoms with E-state index >= 15 is 0 Å². The summed E-state index contributed by atoms with van der Waals surface area (Å²) in [6.45, 7) is 3.42. The molecule has 1 aromatic rings. The number of benzene rings is 1. The van der Waals surface area contributed by atoms with E-state index in [2.05, 4.69) is 35.3 Å². The summed E-state index contributed by atoms with van der Waals surface area (Å²) in [5.74, 6) is 0. The molecule has 4 heteroatoms. The molecule has 3 N–H and O–H groups in total. The van der Waals surface area contributed by atoms with Crippen molar-refractivity contribution >= 4 is 5.69 Å². The fourth-order valence-electron chi connectivity index (χ4n) is 2.63. The summed E-state index contributed by atoms with van der Waals surface area (Å²) in [6.07, 6.45) is 1.52. The van der Waals surface area contributed by atoms with Crippen LogP contribution in [0.1, 0.15) is 30.5 Å². The van der Waals surface area contributed by atoms with Crippen LogP contribution in [0.4, 0.5) is 5.69 Å². The average Bonchev–Trinajstić information content (AvgIpc) is 2.46. The van der Waals surface area contributed by atoms with Gasteiger partial charge in [-0.15, -0.1) is 0 Å². The van der Waals surface area contributed by atoms with Crippen molar-refractivity contribution in [2.24, 2.45) is 0 Å². The van der Waals surface area contributed by atoms with E-state index < -0.39 is 6.10 Å². The molecule has 2 unspecified atom stereocenters. The third kappa shape index (κ3) is 3.26. The zero-order valence-corrected chi connectivity index (χ0v) is 11.8. The van der Waals surface area contributed by atoms with Gasteiger partial charge >= 0.3 is 0 Å². The van der Waals surface area contributed by atoms with E-state index in [1.807, 2.05) is 7.05 Å². The minimum Gasteiger partial charge on any atom is -0.394 e. The van der Waals surface area contributed by atoms with Gasteiger partial charge in [-0.25, -0.2) is 0 Å². The lowest BCUT2D eigenvalue weighted by Crippen LogP contribution is -2.37. The van der Waals surface area contributed by atoms with E-state index in [0.717, 1.165) is 19.4 Å². The highest BCUT2D eigenvalue weighted by Crippen LogP contribution is 2.29. The standard InChI is InChI=1S/C15H24N2O2/c1-11(16-2)12-5-6-15-13(8-12)4-3-7-17(15)9-14(19)10-18/h5-6,8,11,14,16,18-19H,3-4,7,9-10H2,1-2H3. The van der Waals surface area contributed by atoms with Crippen LogP contribution < -0.4 is 10.2 Å². The Hall–Kier alpha value is -1.10. The van der Waals surface area contributed by atoms with Crippen molar-refractivity contribution in [1.82, 2.24) is 5.32 Å². The van der Waals surface area contributed by atoms with Gasteiger partial charge in [0.2, 0.25) is 0 Å². The van der Waals surface area contributed by atoms with Crippen molar-refractivity contribution in [2.75, 3.05) is 31.6 Å². The molecule has 0 spiro atoms. The van der Waals surface area contributed by atoms with Gasteiger partial charge in [-0.05, 0) is 44.0 Å². The number of rotatable bonds is 5. The second-order valence-electron chi connectivity index (χ2n) is 5.28. The summed E-state index contributed by atoms with van der Waals surface area (Å²) < 4.78 is 0. The molecule has 0 aliphatic carbocycles. The topological polar surface area (TPSA) is 55.7 Å². The number of nitrogens with zero attached hydrogens (tertiary/aromatic N) is 1. The Morgan fingerprint density at radius 2 is 2.21 bits per heavy atom. The van der Waals surface area contributed by atoms with E-state index in [9.17, 15) is 5.11 Å². The Morgan fingerprint density at radius 3 is 2.89 bits per heavy atom. The Balaban J connectivity index is 2.20. The Kier molecular flexibility index (Phi) is 4.80. The lowest BCUT2D eigenvalue weighted by Gasteiger charge is -2.33. The fraction of sp³-hybridized carbons (Fsp3) is 0.600. The summed E-state index contributed by atoms with van der Waals surface area (Å²) in [4.78, 5) is 2.17. The largest absolute Gasteiger partial charge is 0.394 e. The molecule has 0 bridgehead atoms. The van der Waals surface area contributed by atoms with E-state index in [1.54, 1.807) is 0 Å². The molecule has 0 amide bonds. The van der Waals surface area contributed by atoms with E-state index in [-0.39, 0.29) is 6.61 Å². The van der Waals surface area contributed by atoms with Crippen LogP contribution in [-0.4, -0.2) is 43.1 Å². The molecule has 1 heterocycles. The first-order valence-corrected chi connectivity index (χ1v) is 6.99. The highest BCUT2D eigenvalue weighted by molar-refractivity contribution is 5.57. The molecule has 0 fully saturated rings. The maximum atomic E-state index is 9.61. The summed E-state index contributed by atoms with van der Waals surface area (Å²) >= 11 is 0. The zero-order chi connectivity index (χ0) is 13.8. The van der Waals surface area contributed by atoms with E-state index in [0.29, 0.717) is 12.6 Å². The van der Waals surface area contributed by atoms with Crippen LogP contribution in [0.3, 0.4) is 0 Å². The third-order valence-electron chi connectivity index (χ3n) is 3.89. The maximum Gasteiger partial charge on any atom is 0.0945 e. The Morgan fingerprint density at radius 1 is 1.42 bits per heavy atom. The number of anilines is 1. The molecule has 2 atom stereocenters. The smallest absolute Gasteiger partial charge is 0.0945 e. The Bertz CT molecular complexity index is 423. The van der Waals surface area contributed by atoms with Gasteiger partial charge in [-0.3, -0.25) is 0 Å². The molecular weight excluding hydrogens is 240 g/mol. The molecule has 1 aliphatic rings. The number of fused-ring (bicyclic) bond motifs is 1. The van der Waals surface area contributed by atoms with Gasteiger partial charge < -0.3 is 20.4 Å². The van der Waals surface area contributed by atoms with Gasteiger partial charge in [-0.1, -0.05) is 12.1 Å². The lowest BCUT2D eigenvalue weighted by molar-refractivity contribution is 0.0996. The molecule has 0 saturated carbocycles. The third-order valence-corrected chi connectivity index (χ3v) is 3.89. The second-order valence-corrected chi connectivity index (χ2v) is 5.28. The van der Waals surface area contributed by atoms with Gasteiger partial charge in [-0.2, -0.15) is 0 Å². The first kappa shape index (κ1) is 14.3. The molecule has 19 heavy (non-hydrogen) atoms. The number of β-amino-alcohol motifs (C(OH)–C–C–N with tert-alkyl or cyclic N) is 1. The Labute approximate surface area is 115 Å². The van der Waals surface area contributed by atoms with Gasteiger partial charge in [0.15, 0.2) is 0 Å². The number of aliphatic hydroxyl groups is 2. The first-order valence-electron chi connectivity index (χ1n) is 6.99. The first-order chi connectivity index (χ1) is 9.15.